The van der Waals surface area contributed by atoms with Crippen LogP contribution in [0.3, 0.4) is 0 Å². The Morgan fingerprint density at radius 1 is 0.929 bits per heavy atom. The van der Waals surface area contributed by atoms with Crippen molar-refractivity contribution in [1.82, 2.24) is 0 Å². The van der Waals surface area contributed by atoms with Crippen molar-refractivity contribution in [3.63, 3.8) is 0 Å². The van der Waals surface area contributed by atoms with E-state index in [0.29, 0.717) is 11.4 Å². The van der Waals surface area contributed by atoms with Crippen molar-refractivity contribution < 1.29 is 9.59 Å². The van der Waals surface area contributed by atoms with Gasteiger partial charge in [-0.25, -0.2) is 0 Å². The first kappa shape index (κ1) is 10.8. The highest BCUT2D eigenvalue weighted by Gasteiger charge is 2.27. The van der Waals surface area contributed by atoms with Gasteiger partial charge < -0.3 is 0 Å². The summed E-state index contributed by atoms with van der Waals surface area (Å²) in [7, 11) is 0. The van der Waals surface area contributed by atoms with Crippen molar-refractivity contribution in [2.24, 2.45) is 9.98 Å². The molecule has 1 aliphatic heterocycles. The van der Waals surface area contributed by atoms with Crippen LogP contribution in [0.2, 0.25) is 0 Å². The van der Waals surface area contributed by atoms with Crippen molar-refractivity contribution in [3.8, 4) is 0 Å². The topological polar surface area (TPSA) is 58.9 Å². The highest BCUT2D eigenvalue weighted by Crippen LogP contribution is 2.11. The zero-order valence-electron chi connectivity index (χ0n) is 8.87. The standard InChI is InChI=1S/C10H14N2O2/c1-5-9(7(3)13)12-6(2)10(11-5)8(4)14/h9-10H,1-4H3. The molecule has 14 heavy (non-hydrogen) atoms. The number of nitrogens with zero attached hydrogens (tertiary/aromatic N) is 2. The van der Waals surface area contributed by atoms with Gasteiger partial charge in [0.15, 0.2) is 11.6 Å². The average Bonchev–Trinajstić information content (AvgIpc) is 2.07. The van der Waals surface area contributed by atoms with Gasteiger partial charge in [-0.3, -0.25) is 19.6 Å². The second kappa shape index (κ2) is 3.82. The van der Waals surface area contributed by atoms with E-state index in [4.69, 9.17) is 0 Å². The van der Waals surface area contributed by atoms with Gasteiger partial charge in [0.2, 0.25) is 0 Å². The molecule has 0 spiro atoms. The summed E-state index contributed by atoms with van der Waals surface area (Å²) in [6, 6.07) is -0.962. The molecule has 0 aromatic carbocycles. The molecule has 0 bridgehead atoms. The molecule has 1 aliphatic rings. The highest BCUT2D eigenvalue weighted by molar-refractivity contribution is 6.17. The predicted molar refractivity (Wildman–Crippen MR) is 55.2 cm³/mol. The number of Topliss-reactive ketones (excluding diaryl/α,β-unsaturated/α-hetero) is 2. The Morgan fingerprint density at radius 2 is 1.21 bits per heavy atom. The maximum absolute atomic E-state index is 11.2. The van der Waals surface area contributed by atoms with Gasteiger partial charge in [0, 0.05) is 11.4 Å². The smallest absolute Gasteiger partial charge is 0.159 e. The van der Waals surface area contributed by atoms with Crippen LogP contribution in [-0.2, 0) is 9.59 Å². The first-order valence-corrected chi connectivity index (χ1v) is 4.53. The molecule has 0 aromatic rings. The fourth-order valence-corrected chi connectivity index (χ4v) is 1.51. The van der Waals surface area contributed by atoms with Crippen molar-refractivity contribution in [2.45, 2.75) is 39.8 Å². The minimum Gasteiger partial charge on any atom is -0.297 e. The fourth-order valence-electron chi connectivity index (χ4n) is 1.51. The molecule has 4 heteroatoms. The van der Waals surface area contributed by atoms with Crippen molar-refractivity contribution >= 4 is 23.0 Å². The molecule has 2 atom stereocenters. The number of hydrogen-bond donors (Lipinski definition) is 0. The van der Waals surface area contributed by atoms with Gasteiger partial charge in [-0.2, -0.15) is 0 Å². The summed E-state index contributed by atoms with van der Waals surface area (Å²) in [5, 5.41) is 0. The van der Waals surface area contributed by atoms with Gasteiger partial charge in [0.25, 0.3) is 0 Å². The first-order chi connectivity index (χ1) is 6.43. The van der Waals surface area contributed by atoms with Crippen LogP contribution in [0.1, 0.15) is 27.7 Å². The molecule has 4 nitrogen and oxygen atoms in total. The average molecular weight is 194 g/mol. The monoisotopic (exact) mass is 194 g/mol. The molecular formula is C10H14N2O2. The first-order valence-electron chi connectivity index (χ1n) is 4.53. The van der Waals surface area contributed by atoms with E-state index in [9.17, 15) is 9.59 Å². The minimum atomic E-state index is -0.481. The van der Waals surface area contributed by atoms with Gasteiger partial charge >= 0.3 is 0 Å². The lowest BCUT2D eigenvalue weighted by atomic mass is 10.0. The summed E-state index contributed by atoms with van der Waals surface area (Å²) in [6.07, 6.45) is 0. The van der Waals surface area contributed by atoms with Crippen LogP contribution in [-0.4, -0.2) is 35.1 Å². The molecule has 0 saturated carbocycles. The summed E-state index contributed by atoms with van der Waals surface area (Å²) in [4.78, 5) is 30.7. The van der Waals surface area contributed by atoms with Crippen LogP contribution < -0.4 is 0 Å². The number of hydrogen-bond acceptors (Lipinski definition) is 4. The van der Waals surface area contributed by atoms with Gasteiger partial charge in [-0.1, -0.05) is 0 Å². The summed E-state index contributed by atoms with van der Waals surface area (Å²) in [5.41, 5.74) is 1.26. The van der Waals surface area contributed by atoms with Crippen LogP contribution >= 0.6 is 0 Å². The van der Waals surface area contributed by atoms with E-state index in [1.54, 1.807) is 13.8 Å². The quantitative estimate of drug-likeness (QED) is 0.654. The van der Waals surface area contributed by atoms with Crippen LogP contribution in [0, 0.1) is 0 Å². The number of carbonyl (C=O) groups is 2. The van der Waals surface area contributed by atoms with E-state index in [2.05, 4.69) is 9.98 Å². The van der Waals surface area contributed by atoms with Crippen LogP contribution in [0.25, 0.3) is 0 Å². The second-order valence-corrected chi connectivity index (χ2v) is 3.57. The SMILES string of the molecule is CC(=O)C1N=C(C)C(C(C)=O)N=C1C. The predicted octanol–water partition coefficient (Wildman–Crippen LogP) is 0.837. The van der Waals surface area contributed by atoms with Gasteiger partial charge in [0.05, 0.1) is 0 Å². The largest absolute Gasteiger partial charge is 0.297 e. The van der Waals surface area contributed by atoms with Crippen LogP contribution in [0.5, 0.6) is 0 Å². The summed E-state index contributed by atoms with van der Waals surface area (Å²) < 4.78 is 0. The van der Waals surface area contributed by atoms with Crippen molar-refractivity contribution in [1.29, 1.82) is 0 Å². The van der Waals surface area contributed by atoms with Crippen LogP contribution in [0.4, 0.5) is 0 Å². The van der Waals surface area contributed by atoms with Crippen molar-refractivity contribution in [3.05, 3.63) is 0 Å². The van der Waals surface area contributed by atoms with E-state index in [-0.39, 0.29) is 11.6 Å². The molecule has 0 amide bonds. The molecule has 1 heterocycles. The Bertz CT molecular complexity index is 308. The number of aliphatic imine (C=N–C) groups is 2. The molecule has 0 saturated heterocycles. The number of ketones is 2. The van der Waals surface area contributed by atoms with E-state index in [1.165, 1.54) is 13.8 Å². The second-order valence-electron chi connectivity index (χ2n) is 3.57. The minimum absolute atomic E-state index is 0.0346. The normalized spacial score (nSPS) is 26.6. The lowest BCUT2D eigenvalue weighted by Gasteiger charge is -2.20. The lowest BCUT2D eigenvalue weighted by molar-refractivity contribution is -0.118. The lowest BCUT2D eigenvalue weighted by Crippen LogP contribution is -2.37. The van der Waals surface area contributed by atoms with E-state index >= 15 is 0 Å². The van der Waals surface area contributed by atoms with E-state index in [0.717, 1.165) is 0 Å². The molecule has 76 valence electrons. The van der Waals surface area contributed by atoms with E-state index < -0.39 is 12.1 Å². The molecule has 0 aromatic heterocycles. The molecular weight excluding hydrogens is 180 g/mol. The Hall–Kier alpha value is -1.32. The molecule has 0 fully saturated rings. The van der Waals surface area contributed by atoms with Gasteiger partial charge in [0.1, 0.15) is 12.1 Å². The van der Waals surface area contributed by atoms with Crippen LogP contribution in [0.15, 0.2) is 9.98 Å². The third-order valence-corrected chi connectivity index (χ3v) is 2.23. The fraction of sp³-hybridized carbons (Fsp3) is 0.600. The number of rotatable bonds is 2. The Labute approximate surface area is 83.1 Å². The third kappa shape index (κ3) is 1.95. The molecule has 1 rings (SSSR count). The maximum Gasteiger partial charge on any atom is 0.159 e. The Balaban J connectivity index is 3.01. The number of carbonyl (C=O) groups excluding carboxylic acids is 2. The molecule has 0 radical (unpaired) electrons. The van der Waals surface area contributed by atoms with Gasteiger partial charge in [-0.05, 0) is 27.7 Å². The Kier molecular flexibility index (Phi) is 2.93. The Morgan fingerprint density at radius 3 is 1.43 bits per heavy atom. The molecule has 0 aliphatic carbocycles. The van der Waals surface area contributed by atoms with E-state index in [1.807, 2.05) is 0 Å². The summed E-state index contributed by atoms with van der Waals surface area (Å²) >= 11 is 0. The highest BCUT2D eigenvalue weighted by atomic mass is 16.1. The molecule has 0 N–H and O–H groups in total. The zero-order valence-corrected chi connectivity index (χ0v) is 8.87. The third-order valence-electron chi connectivity index (χ3n) is 2.23. The van der Waals surface area contributed by atoms with Gasteiger partial charge in [-0.15, -0.1) is 0 Å². The van der Waals surface area contributed by atoms with Crippen molar-refractivity contribution in [2.75, 3.05) is 0 Å². The molecule has 2 unspecified atom stereocenters. The maximum atomic E-state index is 11.2. The summed E-state index contributed by atoms with van der Waals surface area (Å²) in [5.74, 6) is -0.0693. The summed E-state index contributed by atoms with van der Waals surface area (Å²) in [6.45, 7) is 6.43. The zero-order chi connectivity index (χ0) is 10.9.